The molecular weight excluding hydrogens is 268 g/mol. The zero-order chi connectivity index (χ0) is 14.7. The SMILES string of the molecule is Cn1ncc(C(=O)O)c1CNCc1ccc(F)cc1F. The van der Waals surface area contributed by atoms with Crippen molar-refractivity contribution >= 4 is 5.97 Å². The fourth-order valence-electron chi connectivity index (χ4n) is 1.83. The fraction of sp³-hybridized carbons (Fsp3) is 0.231. The number of nitrogens with zero attached hydrogens (tertiary/aromatic N) is 2. The van der Waals surface area contributed by atoms with Crippen LogP contribution in [0.3, 0.4) is 0 Å². The van der Waals surface area contributed by atoms with Crippen LogP contribution in [0.2, 0.25) is 0 Å². The molecule has 0 aliphatic carbocycles. The molecule has 0 radical (unpaired) electrons. The number of aryl methyl sites for hydroxylation is 1. The molecule has 0 aliphatic rings. The molecule has 0 amide bonds. The van der Waals surface area contributed by atoms with Gasteiger partial charge in [0, 0.05) is 31.8 Å². The maximum atomic E-state index is 13.4. The van der Waals surface area contributed by atoms with Gasteiger partial charge in [-0.3, -0.25) is 4.68 Å². The molecule has 1 aromatic heterocycles. The van der Waals surface area contributed by atoms with Crippen LogP contribution < -0.4 is 5.32 Å². The van der Waals surface area contributed by atoms with Gasteiger partial charge in [-0.15, -0.1) is 0 Å². The zero-order valence-electron chi connectivity index (χ0n) is 10.7. The second kappa shape index (κ2) is 5.79. The highest BCUT2D eigenvalue weighted by atomic mass is 19.1. The smallest absolute Gasteiger partial charge is 0.339 e. The highest BCUT2D eigenvalue weighted by Gasteiger charge is 2.14. The van der Waals surface area contributed by atoms with E-state index >= 15 is 0 Å². The highest BCUT2D eigenvalue weighted by molar-refractivity contribution is 5.88. The van der Waals surface area contributed by atoms with E-state index in [4.69, 9.17) is 5.11 Å². The number of carboxylic acid groups (broad SMARTS) is 1. The Balaban J connectivity index is 2.03. The molecule has 106 valence electrons. The molecule has 5 nitrogen and oxygen atoms in total. The van der Waals surface area contributed by atoms with Gasteiger partial charge in [0.05, 0.1) is 11.9 Å². The molecule has 0 saturated carbocycles. The van der Waals surface area contributed by atoms with Crippen molar-refractivity contribution in [2.75, 3.05) is 0 Å². The van der Waals surface area contributed by atoms with E-state index in [0.717, 1.165) is 6.07 Å². The van der Waals surface area contributed by atoms with E-state index in [1.54, 1.807) is 7.05 Å². The van der Waals surface area contributed by atoms with Crippen LogP contribution in [0.5, 0.6) is 0 Å². The number of benzene rings is 1. The maximum Gasteiger partial charge on any atom is 0.339 e. The minimum Gasteiger partial charge on any atom is -0.478 e. The standard InChI is InChI=1S/C13H13F2N3O2/c1-18-12(10(6-17-18)13(19)20)7-16-5-8-2-3-9(14)4-11(8)15/h2-4,6,16H,5,7H2,1H3,(H,19,20). The van der Waals surface area contributed by atoms with E-state index in [1.807, 2.05) is 0 Å². The number of halogens is 2. The molecule has 1 aromatic carbocycles. The van der Waals surface area contributed by atoms with Crippen LogP contribution >= 0.6 is 0 Å². The summed E-state index contributed by atoms with van der Waals surface area (Å²) in [5.41, 5.74) is 0.894. The lowest BCUT2D eigenvalue weighted by Gasteiger charge is -2.07. The van der Waals surface area contributed by atoms with Gasteiger partial charge < -0.3 is 10.4 Å². The average Bonchev–Trinajstić information content (AvgIpc) is 2.74. The van der Waals surface area contributed by atoms with Gasteiger partial charge >= 0.3 is 5.97 Å². The normalized spacial score (nSPS) is 10.8. The molecule has 1 heterocycles. The monoisotopic (exact) mass is 281 g/mol. The molecule has 2 rings (SSSR count). The third-order valence-electron chi connectivity index (χ3n) is 2.91. The van der Waals surface area contributed by atoms with Crippen LogP contribution in [0.1, 0.15) is 21.6 Å². The summed E-state index contributed by atoms with van der Waals surface area (Å²) < 4.78 is 27.6. The van der Waals surface area contributed by atoms with Crippen molar-refractivity contribution in [2.45, 2.75) is 13.1 Å². The number of carboxylic acids is 1. The highest BCUT2D eigenvalue weighted by Crippen LogP contribution is 2.11. The van der Waals surface area contributed by atoms with E-state index in [1.165, 1.54) is 23.0 Å². The van der Waals surface area contributed by atoms with Gasteiger partial charge in [-0.1, -0.05) is 6.07 Å². The number of nitrogens with one attached hydrogen (secondary N) is 1. The van der Waals surface area contributed by atoms with Gasteiger partial charge in [0.1, 0.15) is 17.2 Å². The van der Waals surface area contributed by atoms with Crippen LogP contribution in [-0.4, -0.2) is 20.9 Å². The van der Waals surface area contributed by atoms with Crippen LogP contribution in [-0.2, 0) is 20.1 Å². The van der Waals surface area contributed by atoms with Gasteiger partial charge in [-0.25, -0.2) is 13.6 Å². The van der Waals surface area contributed by atoms with Crippen LogP contribution in [0, 0.1) is 11.6 Å². The van der Waals surface area contributed by atoms with Crippen molar-refractivity contribution < 1.29 is 18.7 Å². The van der Waals surface area contributed by atoms with Crippen molar-refractivity contribution in [1.82, 2.24) is 15.1 Å². The first-order chi connectivity index (χ1) is 9.49. The molecule has 0 atom stereocenters. The topological polar surface area (TPSA) is 67.2 Å². The van der Waals surface area contributed by atoms with Crippen LogP contribution in [0.15, 0.2) is 24.4 Å². The summed E-state index contributed by atoms with van der Waals surface area (Å²) in [5, 5.41) is 15.8. The zero-order valence-corrected chi connectivity index (χ0v) is 10.7. The van der Waals surface area contributed by atoms with E-state index < -0.39 is 17.6 Å². The third kappa shape index (κ3) is 3.00. The Morgan fingerprint density at radius 1 is 1.40 bits per heavy atom. The van der Waals surface area contributed by atoms with Crippen LogP contribution in [0.4, 0.5) is 8.78 Å². The van der Waals surface area contributed by atoms with Gasteiger partial charge in [-0.2, -0.15) is 5.10 Å². The van der Waals surface area contributed by atoms with Crippen molar-refractivity contribution in [3.8, 4) is 0 Å². The first-order valence-electron chi connectivity index (χ1n) is 5.88. The summed E-state index contributed by atoms with van der Waals surface area (Å²) >= 11 is 0. The lowest BCUT2D eigenvalue weighted by atomic mass is 10.2. The number of aromatic nitrogens is 2. The summed E-state index contributed by atoms with van der Waals surface area (Å²) in [6.07, 6.45) is 1.26. The fourth-order valence-corrected chi connectivity index (χ4v) is 1.83. The first-order valence-corrected chi connectivity index (χ1v) is 5.88. The third-order valence-corrected chi connectivity index (χ3v) is 2.91. The Bertz CT molecular complexity index is 641. The number of hydrogen-bond donors (Lipinski definition) is 2. The predicted molar refractivity (Wildman–Crippen MR) is 67.1 cm³/mol. The Kier molecular flexibility index (Phi) is 4.09. The summed E-state index contributed by atoms with van der Waals surface area (Å²) in [4.78, 5) is 11.0. The lowest BCUT2D eigenvalue weighted by molar-refractivity contribution is 0.0695. The molecule has 0 aliphatic heterocycles. The molecule has 0 spiro atoms. The maximum absolute atomic E-state index is 13.4. The second-order valence-corrected chi connectivity index (χ2v) is 4.27. The molecule has 0 unspecified atom stereocenters. The quantitative estimate of drug-likeness (QED) is 0.875. The van der Waals surface area contributed by atoms with Crippen molar-refractivity contribution in [3.63, 3.8) is 0 Å². The van der Waals surface area contributed by atoms with E-state index in [0.29, 0.717) is 11.3 Å². The van der Waals surface area contributed by atoms with Crippen molar-refractivity contribution in [1.29, 1.82) is 0 Å². The first kappa shape index (κ1) is 14.1. The molecule has 7 heteroatoms. The second-order valence-electron chi connectivity index (χ2n) is 4.27. The van der Waals surface area contributed by atoms with E-state index in [9.17, 15) is 13.6 Å². The lowest BCUT2D eigenvalue weighted by Crippen LogP contribution is -2.18. The Morgan fingerprint density at radius 2 is 2.15 bits per heavy atom. The summed E-state index contributed by atoms with van der Waals surface area (Å²) in [6, 6.07) is 3.33. The molecular formula is C13H13F2N3O2. The number of rotatable bonds is 5. The predicted octanol–water partition coefficient (Wildman–Crippen LogP) is 1.69. The summed E-state index contributed by atoms with van der Waals surface area (Å²) in [6.45, 7) is 0.380. The van der Waals surface area contributed by atoms with Crippen LogP contribution in [0.25, 0.3) is 0 Å². The molecule has 0 saturated heterocycles. The number of carbonyl (C=O) groups is 1. The van der Waals surface area contributed by atoms with Crippen molar-refractivity contribution in [2.24, 2.45) is 7.05 Å². The van der Waals surface area contributed by atoms with Gasteiger partial charge in [-0.05, 0) is 6.07 Å². The molecule has 2 N–H and O–H groups in total. The Morgan fingerprint density at radius 3 is 2.80 bits per heavy atom. The minimum absolute atomic E-state index is 0.0968. The molecule has 0 fully saturated rings. The van der Waals surface area contributed by atoms with Gasteiger partial charge in [0.25, 0.3) is 0 Å². The van der Waals surface area contributed by atoms with E-state index in [2.05, 4.69) is 10.4 Å². The number of aromatic carboxylic acids is 1. The molecule has 2 aromatic rings. The molecule has 20 heavy (non-hydrogen) atoms. The molecule has 0 bridgehead atoms. The Labute approximate surface area is 113 Å². The summed E-state index contributed by atoms with van der Waals surface area (Å²) in [5.74, 6) is -2.34. The van der Waals surface area contributed by atoms with Crippen molar-refractivity contribution in [3.05, 3.63) is 52.9 Å². The van der Waals surface area contributed by atoms with E-state index in [-0.39, 0.29) is 18.7 Å². The number of hydrogen-bond acceptors (Lipinski definition) is 3. The minimum atomic E-state index is -1.07. The van der Waals surface area contributed by atoms with Gasteiger partial charge in [0.15, 0.2) is 0 Å². The Hall–Kier alpha value is -2.28. The average molecular weight is 281 g/mol. The van der Waals surface area contributed by atoms with Gasteiger partial charge in [0.2, 0.25) is 0 Å². The largest absolute Gasteiger partial charge is 0.478 e. The summed E-state index contributed by atoms with van der Waals surface area (Å²) in [7, 11) is 1.63.